The summed E-state index contributed by atoms with van der Waals surface area (Å²) < 4.78 is 7.08. The predicted octanol–water partition coefficient (Wildman–Crippen LogP) is 2.71. The number of amides is 2. The molecule has 0 unspecified atom stereocenters. The van der Waals surface area contributed by atoms with E-state index >= 15 is 0 Å². The highest BCUT2D eigenvalue weighted by Crippen LogP contribution is 2.27. The van der Waals surface area contributed by atoms with E-state index in [2.05, 4.69) is 15.5 Å². The second kappa shape index (κ2) is 9.61. The minimum atomic E-state index is -0.346. The fourth-order valence-corrected chi connectivity index (χ4v) is 3.35. The van der Waals surface area contributed by atoms with E-state index < -0.39 is 0 Å². The zero-order chi connectivity index (χ0) is 20.0. The Morgan fingerprint density at radius 1 is 1.41 bits per heavy atom. The number of hydrogen-bond acceptors (Lipinski definition) is 6. The van der Waals surface area contributed by atoms with Crippen LogP contribution in [0.3, 0.4) is 0 Å². The smallest absolute Gasteiger partial charge is 0.244 e. The van der Waals surface area contributed by atoms with Crippen molar-refractivity contribution in [3.63, 3.8) is 0 Å². The molecular formula is C17H22ClN5O3S. The van der Waals surface area contributed by atoms with Crippen molar-refractivity contribution in [3.05, 3.63) is 29.5 Å². The van der Waals surface area contributed by atoms with Crippen molar-refractivity contribution in [2.24, 2.45) is 0 Å². The van der Waals surface area contributed by atoms with Gasteiger partial charge in [0.1, 0.15) is 12.1 Å². The van der Waals surface area contributed by atoms with Crippen molar-refractivity contribution in [2.45, 2.75) is 25.0 Å². The maximum Gasteiger partial charge on any atom is 0.244 e. The van der Waals surface area contributed by atoms with Crippen LogP contribution in [0.2, 0.25) is 5.02 Å². The van der Waals surface area contributed by atoms with Gasteiger partial charge in [0.05, 0.1) is 25.1 Å². The highest BCUT2D eigenvalue weighted by atomic mass is 35.5. The van der Waals surface area contributed by atoms with Gasteiger partial charge in [-0.15, -0.1) is 10.2 Å². The Bertz CT molecular complexity index is 812. The number of thioether (sulfide) groups is 1. The summed E-state index contributed by atoms with van der Waals surface area (Å²) in [5.41, 5.74) is 0.454. The van der Waals surface area contributed by atoms with Crippen LogP contribution < -0.4 is 10.1 Å². The maximum absolute atomic E-state index is 12.3. The summed E-state index contributed by atoms with van der Waals surface area (Å²) in [6, 6.07) is 5.12. The molecule has 0 spiro atoms. The molecule has 0 bridgehead atoms. The van der Waals surface area contributed by atoms with Gasteiger partial charge in [0.25, 0.3) is 0 Å². The van der Waals surface area contributed by atoms with Crippen LogP contribution in [0.5, 0.6) is 5.75 Å². The maximum atomic E-state index is 12.3. The van der Waals surface area contributed by atoms with Gasteiger partial charge in [-0.1, -0.05) is 23.4 Å². The molecule has 1 N–H and O–H groups in total. The number of anilines is 1. The number of nitrogens with zero attached hydrogens (tertiary/aromatic N) is 4. The fourth-order valence-electron chi connectivity index (χ4n) is 2.20. The number of methoxy groups -OCH3 is 1. The van der Waals surface area contributed by atoms with E-state index in [1.807, 2.05) is 18.4 Å². The van der Waals surface area contributed by atoms with Gasteiger partial charge in [-0.05, 0) is 32.0 Å². The van der Waals surface area contributed by atoms with Gasteiger partial charge in [-0.3, -0.25) is 9.59 Å². The van der Waals surface area contributed by atoms with Gasteiger partial charge in [0, 0.05) is 18.1 Å². The highest BCUT2D eigenvalue weighted by Gasteiger charge is 2.17. The normalized spacial score (nSPS) is 10.7. The molecular weight excluding hydrogens is 390 g/mol. The van der Waals surface area contributed by atoms with Crippen LogP contribution in [0.1, 0.15) is 19.9 Å². The summed E-state index contributed by atoms with van der Waals surface area (Å²) in [5.74, 6) is 0.119. The first-order valence-corrected chi connectivity index (χ1v) is 9.57. The lowest BCUT2D eigenvalue weighted by Crippen LogP contribution is -2.36. The zero-order valence-corrected chi connectivity index (χ0v) is 17.2. The van der Waals surface area contributed by atoms with Crippen LogP contribution in [0.15, 0.2) is 29.7 Å². The molecule has 8 nitrogen and oxygen atoms in total. The van der Waals surface area contributed by atoms with Crippen molar-refractivity contribution in [1.29, 1.82) is 0 Å². The minimum Gasteiger partial charge on any atom is -0.495 e. The third kappa shape index (κ3) is 5.86. The monoisotopic (exact) mass is 411 g/mol. The first kappa shape index (κ1) is 21.0. The lowest BCUT2D eigenvalue weighted by molar-refractivity contribution is -0.131. The van der Waals surface area contributed by atoms with Crippen LogP contribution in [0, 0.1) is 0 Å². The number of halogens is 1. The third-order valence-electron chi connectivity index (χ3n) is 3.66. The van der Waals surface area contributed by atoms with Crippen molar-refractivity contribution in [3.8, 4) is 5.75 Å². The van der Waals surface area contributed by atoms with E-state index in [0.717, 1.165) is 0 Å². The third-order valence-corrected chi connectivity index (χ3v) is 4.84. The second-order valence-electron chi connectivity index (χ2n) is 6.05. The second-order valence-corrected chi connectivity index (χ2v) is 7.42. The quantitative estimate of drug-likeness (QED) is 0.672. The highest BCUT2D eigenvalue weighted by molar-refractivity contribution is 7.99. The molecule has 0 radical (unpaired) electrons. The number of carbonyl (C=O) groups excluding carboxylic acids is 2. The zero-order valence-electron chi connectivity index (χ0n) is 15.6. The Morgan fingerprint density at radius 3 is 2.81 bits per heavy atom. The minimum absolute atomic E-state index is 0.0913. The topological polar surface area (TPSA) is 89.3 Å². The Hall–Kier alpha value is -2.26. The van der Waals surface area contributed by atoms with E-state index in [4.69, 9.17) is 16.3 Å². The number of likely N-dealkylation sites (N-methyl/N-ethyl adjacent to an activating group) is 1. The molecule has 1 aromatic heterocycles. The van der Waals surface area contributed by atoms with E-state index in [1.165, 1.54) is 23.8 Å². The summed E-state index contributed by atoms with van der Waals surface area (Å²) in [5, 5.41) is 11.7. The molecule has 0 fully saturated rings. The largest absolute Gasteiger partial charge is 0.495 e. The van der Waals surface area contributed by atoms with Crippen molar-refractivity contribution < 1.29 is 14.3 Å². The number of rotatable bonds is 8. The first-order chi connectivity index (χ1) is 12.8. The molecule has 0 saturated heterocycles. The number of hydrogen-bond donors (Lipinski definition) is 1. The molecule has 2 amide bonds. The molecule has 2 aromatic rings. The summed E-state index contributed by atoms with van der Waals surface area (Å²) in [4.78, 5) is 25.9. The fraction of sp³-hybridized carbons (Fsp3) is 0.412. The van der Waals surface area contributed by atoms with Crippen LogP contribution in [0.25, 0.3) is 0 Å². The van der Waals surface area contributed by atoms with Crippen molar-refractivity contribution in [2.75, 3.05) is 31.8 Å². The van der Waals surface area contributed by atoms with Crippen LogP contribution in [0.4, 0.5) is 5.69 Å². The lowest BCUT2D eigenvalue weighted by Gasteiger charge is -2.17. The summed E-state index contributed by atoms with van der Waals surface area (Å²) in [6.07, 6.45) is 1.63. The molecule has 2 rings (SSSR count). The number of nitrogens with one attached hydrogen (secondary N) is 1. The number of carbonyl (C=O) groups is 2. The van der Waals surface area contributed by atoms with Gasteiger partial charge in [-0.2, -0.15) is 0 Å². The Kier molecular flexibility index (Phi) is 7.49. The van der Waals surface area contributed by atoms with E-state index in [1.54, 1.807) is 31.6 Å². The summed E-state index contributed by atoms with van der Waals surface area (Å²) in [7, 11) is 3.08. The van der Waals surface area contributed by atoms with Gasteiger partial charge in [-0.25, -0.2) is 0 Å². The molecule has 1 aromatic carbocycles. The van der Waals surface area contributed by atoms with E-state index in [0.29, 0.717) is 21.6 Å². The first-order valence-electron chi connectivity index (χ1n) is 8.21. The Labute approximate surface area is 167 Å². The molecule has 0 aliphatic carbocycles. The number of benzene rings is 1. The summed E-state index contributed by atoms with van der Waals surface area (Å²) >= 11 is 7.24. The Balaban J connectivity index is 1.89. The van der Waals surface area contributed by atoms with Crippen LogP contribution >= 0.6 is 23.4 Å². The van der Waals surface area contributed by atoms with Gasteiger partial charge >= 0.3 is 0 Å². The van der Waals surface area contributed by atoms with Gasteiger partial charge in [0.15, 0.2) is 5.16 Å². The van der Waals surface area contributed by atoms with Crippen molar-refractivity contribution >= 4 is 40.9 Å². The number of aromatic nitrogens is 3. The molecule has 27 heavy (non-hydrogen) atoms. The Morgan fingerprint density at radius 2 is 2.15 bits per heavy atom. The van der Waals surface area contributed by atoms with Gasteiger partial charge in [0.2, 0.25) is 11.8 Å². The SMILES string of the molecule is COc1ccc(Cl)cc1NC(=O)CN(C)C(=O)CSc1nncn1C(C)C. The van der Waals surface area contributed by atoms with E-state index in [9.17, 15) is 9.59 Å². The average molecular weight is 412 g/mol. The van der Waals surface area contributed by atoms with Crippen LogP contribution in [-0.2, 0) is 9.59 Å². The number of ether oxygens (including phenoxy) is 1. The summed E-state index contributed by atoms with van der Waals surface area (Å²) in [6.45, 7) is 3.93. The molecule has 0 saturated carbocycles. The molecule has 10 heteroatoms. The average Bonchev–Trinajstić information content (AvgIpc) is 3.08. The predicted molar refractivity (Wildman–Crippen MR) is 105 cm³/mol. The molecule has 0 atom stereocenters. The molecule has 0 aliphatic heterocycles. The van der Waals surface area contributed by atoms with Crippen molar-refractivity contribution in [1.82, 2.24) is 19.7 Å². The van der Waals surface area contributed by atoms with E-state index in [-0.39, 0.29) is 30.2 Å². The standard InChI is InChI=1S/C17H22ClN5O3S/c1-11(2)23-10-19-21-17(23)27-9-16(25)22(3)8-15(24)20-13-7-12(18)5-6-14(13)26-4/h5-7,10-11H,8-9H2,1-4H3,(H,20,24). The molecule has 146 valence electrons. The van der Waals surface area contributed by atoms with Crippen LogP contribution in [-0.4, -0.2) is 57.9 Å². The molecule has 1 heterocycles. The lowest BCUT2D eigenvalue weighted by atomic mass is 10.3. The molecule has 0 aliphatic rings. The van der Waals surface area contributed by atoms with Gasteiger partial charge < -0.3 is 19.5 Å².